The average Bonchev–Trinajstić information content (AvgIpc) is 2.35. The summed E-state index contributed by atoms with van der Waals surface area (Å²) >= 11 is 0. The molecule has 2 heteroatoms. The average molecular weight is 250 g/mol. The Hall–Kier alpha value is -1.18. The third kappa shape index (κ3) is 2.80. The Kier molecular flexibility index (Phi) is 4.15. The van der Waals surface area contributed by atoms with Crippen molar-refractivity contribution in [2.45, 2.75) is 45.4 Å². The predicted octanol–water partition coefficient (Wildman–Crippen LogP) is 4.99. The van der Waals surface area contributed by atoms with Gasteiger partial charge in [-0.15, -0.1) is 0 Å². The molecule has 0 N–H and O–H groups in total. The molecule has 1 aliphatic carbocycles. The Morgan fingerprint density at radius 3 is 2.50 bits per heavy atom. The fourth-order valence-electron chi connectivity index (χ4n) is 2.57. The van der Waals surface area contributed by atoms with Gasteiger partial charge in [0.05, 0.1) is 0 Å². The topological polar surface area (TPSA) is 0 Å². The van der Waals surface area contributed by atoms with Crippen LogP contribution in [0.5, 0.6) is 0 Å². The highest BCUT2D eigenvalue weighted by molar-refractivity contribution is 5.32. The fraction of sp³-hybridized carbons (Fsp3) is 0.500. The minimum absolute atomic E-state index is 0.0337. The number of hydrogen-bond acceptors (Lipinski definition) is 0. The van der Waals surface area contributed by atoms with Gasteiger partial charge in [-0.2, -0.15) is 0 Å². The van der Waals surface area contributed by atoms with Crippen molar-refractivity contribution in [2.75, 3.05) is 0 Å². The summed E-state index contributed by atoms with van der Waals surface area (Å²) in [6.45, 7) is 4.12. The molecule has 0 spiro atoms. The van der Waals surface area contributed by atoms with Crippen LogP contribution in [0.3, 0.4) is 0 Å². The SMILES string of the molecule is CCCc1cc(F)c(C2C=CC(C)CC2)cc1F. The van der Waals surface area contributed by atoms with Gasteiger partial charge in [-0.3, -0.25) is 0 Å². The van der Waals surface area contributed by atoms with Crippen molar-refractivity contribution in [1.82, 2.24) is 0 Å². The smallest absolute Gasteiger partial charge is 0.127 e. The summed E-state index contributed by atoms with van der Waals surface area (Å²) in [6, 6.07) is 2.77. The number of aryl methyl sites for hydroxylation is 1. The molecule has 0 aromatic heterocycles. The lowest BCUT2D eigenvalue weighted by Gasteiger charge is -2.21. The molecule has 0 saturated carbocycles. The lowest BCUT2D eigenvalue weighted by atomic mass is 9.84. The monoisotopic (exact) mass is 250 g/mol. The minimum atomic E-state index is -0.264. The molecular weight excluding hydrogens is 230 g/mol. The third-order valence-electron chi connectivity index (χ3n) is 3.69. The van der Waals surface area contributed by atoms with Crippen LogP contribution in [-0.4, -0.2) is 0 Å². The van der Waals surface area contributed by atoms with Gasteiger partial charge in [0.1, 0.15) is 11.6 Å². The van der Waals surface area contributed by atoms with Crippen molar-refractivity contribution in [3.8, 4) is 0 Å². The van der Waals surface area contributed by atoms with Crippen LogP contribution in [0.25, 0.3) is 0 Å². The maximum atomic E-state index is 14.0. The van der Waals surface area contributed by atoms with Crippen molar-refractivity contribution in [3.63, 3.8) is 0 Å². The molecule has 1 aromatic carbocycles. The summed E-state index contributed by atoms with van der Waals surface area (Å²) in [5.41, 5.74) is 1.00. The van der Waals surface area contributed by atoms with Crippen LogP contribution < -0.4 is 0 Å². The minimum Gasteiger partial charge on any atom is -0.207 e. The Morgan fingerprint density at radius 1 is 1.11 bits per heavy atom. The second kappa shape index (κ2) is 5.64. The maximum Gasteiger partial charge on any atom is 0.127 e. The molecule has 0 saturated heterocycles. The van der Waals surface area contributed by atoms with Crippen LogP contribution in [0.4, 0.5) is 8.78 Å². The highest BCUT2D eigenvalue weighted by Gasteiger charge is 2.19. The van der Waals surface area contributed by atoms with Gasteiger partial charge >= 0.3 is 0 Å². The van der Waals surface area contributed by atoms with Crippen molar-refractivity contribution in [2.24, 2.45) is 5.92 Å². The van der Waals surface area contributed by atoms with Gasteiger partial charge in [-0.1, -0.05) is 32.4 Å². The van der Waals surface area contributed by atoms with Crippen molar-refractivity contribution in [1.29, 1.82) is 0 Å². The zero-order valence-corrected chi connectivity index (χ0v) is 11.0. The van der Waals surface area contributed by atoms with Gasteiger partial charge < -0.3 is 0 Å². The Morgan fingerprint density at radius 2 is 1.89 bits per heavy atom. The summed E-state index contributed by atoms with van der Waals surface area (Å²) in [7, 11) is 0. The molecule has 1 aromatic rings. The number of allylic oxidation sites excluding steroid dienone is 2. The van der Waals surface area contributed by atoms with Crippen molar-refractivity contribution < 1.29 is 8.78 Å². The van der Waals surface area contributed by atoms with E-state index in [1.54, 1.807) is 0 Å². The highest BCUT2D eigenvalue weighted by Crippen LogP contribution is 2.32. The number of halogens is 2. The van der Waals surface area contributed by atoms with Gasteiger partial charge in [0, 0.05) is 5.92 Å². The van der Waals surface area contributed by atoms with Crippen LogP contribution in [0.1, 0.15) is 50.2 Å². The van der Waals surface area contributed by atoms with E-state index in [-0.39, 0.29) is 17.6 Å². The largest absolute Gasteiger partial charge is 0.207 e. The first-order chi connectivity index (χ1) is 8.61. The van der Waals surface area contributed by atoms with E-state index in [4.69, 9.17) is 0 Å². The van der Waals surface area contributed by atoms with E-state index in [0.29, 0.717) is 23.5 Å². The molecule has 98 valence electrons. The molecule has 0 heterocycles. The molecule has 0 radical (unpaired) electrons. The molecule has 2 unspecified atom stereocenters. The molecule has 2 atom stereocenters. The summed E-state index contributed by atoms with van der Waals surface area (Å²) in [4.78, 5) is 0. The van der Waals surface area contributed by atoms with E-state index >= 15 is 0 Å². The molecule has 1 aliphatic rings. The van der Waals surface area contributed by atoms with Crippen molar-refractivity contribution in [3.05, 3.63) is 47.0 Å². The van der Waals surface area contributed by atoms with Gasteiger partial charge in [0.25, 0.3) is 0 Å². The fourth-order valence-corrected chi connectivity index (χ4v) is 2.57. The van der Waals surface area contributed by atoms with Gasteiger partial charge in [0.15, 0.2) is 0 Å². The first-order valence-corrected chi connectivity index (χ1v) is 6.78. The second-order valence-corrected chi connectivity index (χ2v) is 5.26. The molecule has 2 rings (SSSR count). The molecule has 0 amide bonds. The molecule has 0 bridgehead atoms. The molecular formula is C16H20F2. The van der Waals surface area contributed by atoms with E-state index in [1.807, 2.05) is 13.0 Å². The number of benzene rings is 1. The van der Waals surface area contributed by atoms with E-state index in [1.165, 1.54) is 12.1 Å². The summed E-state index contributed by atoms with van der Waals surface area (Å²) < 4.78 is 27.9. The van der Waals surface area contributed by atoms with E-state index in [9.17, 15) is 8.78 Å². The second-order valence-electron chi connectivity index (χ2n) is 5.26. The predicted molar refractivity (Wildman–Crippen MR) is 70.6 cm³/mol. The van der Waals surface area contributed by atoms with Gasteiger partial charge in [-0.25, -0.2) is 8.78 Å². The lowest BCUT2D eigenvalue weighted by Crippen LogP contribution is -2.08. The molecule has 0 aliphatic heterocycles. The lowest BCUT2D eigenvalue weighted by molar-refractivity contribution is 0.514. The van der Waals surface area contributed by atoms with E-state index in [2.05, 4.69) is 13.0 Å². The number of rotatable bonds is 3. The van der Waals surface area contributed by atoms with Crippen LogP contribution in [-0.2, 0) is 6.42 Å². The Labute approximate surface area is 108 Å². The zero-order valence-electron chi connectivity index (χ0n) is 11.0. The van der Waals surface area contributed by atoms with E-state index in [0.717, 1.165) is 19.3 Å². The third-order valence-corrected chi connectivity index (χ3v) is 3.69. The standard InChI is InChI=1S/C16H20F2/c1-3-4-13-9-16(18)14(10-15(13)17)12-7-5-11(2)6-8-12/h5,7,9-12H,3-4,6,8H2,1-2H3. The van der Waals surface area contributed by atoms with Gasteiger partial charge in [0.2, 0.25) is 0 Å². The molecule has 0 nitrogen and oxygen atoms in total. The molecule has 18 heavy (non-hydrogen) atoms. The van der Waals surface area contributed by atoms with Crippen LogP contribution >= 0.6 is 0 Å². The quantitative estimate of drug-likeness (QED) is 0.663. The zero-order chi connectivity index (χ0) is 13.1. The normalized spacial score (nSPS) is 23.3. The van der Waals surface area contributed by atoms with Crippen molar-refractivity contribution >= 4 is 0 Å². The highest BCUT2D eigenvalue weighted by atomic mass is 19.1. The molecule has 0 fully saturated rings. The first-order valence-electron chi connectivity index (χ1n) is 6.78. The Balaban J connectivity index is 2.29. The van der Waals surface area contributed by atoms with Gasteiger partial charge in [-0.05, 0) is 48.4 Å². The van der Waals surface area contributed by atoms with Crippen LogP contribution in [0.2, 0.25) is 0 Å². The van der Waals surface area contributed by atoms with Crippen LogP contribution in [0, 0.1) is 17.6 Å². The Bertz CT molecular complexity index is 449. The summed E-state index contributed by atoms with van der Waals surface area (Å²) in [6.07, 6.45) is 7.49. The maximum absolute atomic E-state index is 14.0. The van der Waals surface area contributed by atoms with Crippen LogP contribution in [0.15, 0.2) is 24.3 Å². The summed E-state index contributed by atoms with van der Waals surface area (Å²) in [5.74, 6) is 0.0595. The first kappa shape index (κ1) is 13.3. The number of hydrogen-bond donors (Lipinski definition) is 0. The van der Waals surface area contributed by atoms with E-state index < -0.39 is 0 Å². The summed E-state index contributed by atoms with van der Waals surface area (Å²) in [5, 5.41) is 0.